The number of piperidine rings is 1. The molecule has 2 bridgehead atoms. The highest BCUT2D eigenvalue weighted by molar-refractivity contribution is 7.93. The lowest BCUT2D eigenvalue weighted by Crippen LogP contribution is -2.60. The molecule has 49 heavy (non-hydrogen) atoms. The van der Waals surface area contributed by atoms with Crippen molar-refractivity contribution in [3.05, 3.63) is 66.1 Å². The molecule has 4 aliphatic rings. The van der Waals surface area contributed by atoms with Crippen LogP contribution in [0.1, 0.15) is 38.5 Å². The number of sulfonamides is 1. The van der Waals surface area contributed by atoms with Gasteiger partial charge in [0.05, 0.1) is 33.5 Å². The van der Waals surface area contributed by atoms with E-state index in [-0.39, 0.29) is 52.1 Å². The topological polar surface area (TPSA) is 151 Å². The lowest BCUT2D eigenvalue weighted by Gasteiger charge is -2.53. The first-order valence-corrected chi connectivity index (χ1v) is 19.8. The lowest BCUT2D eigenvalue weighted by molar-refractivity contribution is -0.120. The van der Waals surface area contributed by atoms with Gasteiger partial charge in [0, 0.05) is 48.1 Å². The lowest BCUT2D eigenvalue weighted by atomic mass is 9.67. The van der Waals surface area contributed by atoms with Crippen molar-refractivity contribution in [2.24, 2.45) is 5.41 Å². The van der Waals surface area contributed by atoms with Crippen LogP contribution in [0.4, 0.5) is 29.9 Å². The van der Waals surface area contributed by atoms with E-state index in [4.69, 9.17) is 9.97 Å². The molecule has 3 saturated heterocycles. The van der Waals surface area contributed by atoms with Crippen LogP contribution in [0.5, 0.6) is 0 Å². The van der Waals surface area contributed by atoms with Crippen molar-refractivity contribution in [1.82, 2.24) is 15.0 Å². The number of sulfone groups is 1. The Morgan fingerprint density at radius 1 is 0.939 bits per heavy atom. The van der Waals surface area contributed by atoms with Gasteiger partial charge in [0.15, 0.2) is 25.7 Å². The molecule has 17 heteroatoms. The largest absolute Gasteiger partial charge is 0.351 e. The number of fused-ring (bicyclic) bond motifs is 2. The molecule has 0 radical (unpaired) electrons. The Kier molecular flexibility index (Phi) is 7.53. The van der Waals surface area contributed by atoms with Crippen LogP contribution in [0.25, 0.3) is 21.8 Å². The van der Waals surface area contributed by atoms with E-state index in [0.717, 1.165) is 37.1 Å². The maximum Gasteiger partial charge on any atom is 0.267 e. The SMILES string of the molecule is O=C1CC2CCC(C1)N2c1nc(-c2cccc(NS(=O)(=O)c3c(F)cccc3F)c2F)c(-c2ccnc(NC3CC4(C3)CS(=O)(=O)C4)n2)s1. The molecule has 0 amide bonds. The van der Waals surface area contributed by atoms with Crippen molar-refractivity contribution in [3.8, 4) is 21.8 Å². The monoisotopic (exact) mass is 730 g/mol. The van der Waals surface area contributed by atoms with Gasteiger partial charge in [-0.1, -0.05) is 23.5 Å². The summed E-state index contributed by atoms with van der Waals surface area (Å²) in [5, 5.41) is 3.84. The van der Waals surface area contributed by atoms with Gasteiger partial charge in [0.1, 0.15) is 17.4 Å². The molecule has 4 fully saturated rings. The number of benzene rings is 2. The van der Waals surface area contributed by atoms with E-state index >= 15 is 4.39 Å². The van der Waals surface area contributed by atoms with Gasteiger partial charge in [0.2, 0.25) is 5.95 Å². The van der Waals surface area contributed by atoms with Crippen LogP contribution < -0.4 is 14.9 Å². The van der Waals surface area contributed by atoms with E-state index in [1.165, 1.54) is 23.5 Å². The average molecular weight is 731 g/mol. The number of Topliss-reactive ketones (excluding diaryl/α,β-unsaturated/α-hetero) is 1. The molecule has 2 N–H and O–H groups in total. The van der Waals surface area contributed by atoms with Crippen molar-refractivity contribution in [1.29, 1.82) is 0 Å². The number of thiazole rings is 1. The summed E-state index contributed by atoms with van der Waals surface area (Å²) in [6.45, 7) is 0. The second kappa shape index (κ2) is 11.5. The first kappa shape index (κ1) is 32.1. The molecule has 5 heterocycles. The molecule has 11 nitrogen and oxygen atoms in total. The summed E-state index contributed by atoms with van der Waals surface area (Å²) in [5.41, 5.74) is -0.223. The summed E-state index contributed by atoms with van der Waals surface area (Å²) in [5.74, 6) is -2.81. The predicted molar refractivity (Wildman–Crippen MR) is 177 cm³/mol. The fraction of sp³-hybridized carbons (Fsp3) is 0.375. The van der Waals surface area contributed by atoms with Crippen LogP contribution in [0.15, 0.2) is 53.6 Å². The minimum atomic E-state index is -4.87. The Morgan fingerprint density at radius 3 is 2.29 bits per heavy atom. The standard InChI is InChI=1S/C32H29F3N6O5S3/c33-22-4-2-5-23(34)29(22)49(45,46)40-24-6-1-3-21(26(24)35)27-28(47-31(39-27)41-18-7-8-19(41)12-20(42)11-18)25-9-10-36-30(38-25)37-17-13-32(14-17)15-48(43,44)16-32/h1-6,9-10,17-19,40H,7-8,11-16H2,(H,36,37,38). The van der Waals surface area contributed by atoms with Crippen molar-refractivity contribution < 1.29 is 34.8 Å². The number of ketones is 1. The molecule has 2 aromatic carbocycles. The summed E-state index contributed by atoms with van der Waals surface area (Å²) in [6.07, 6.45) is 5.28. The molecular weight excluding hydrogens is 702 g/mol. The maximum atomic E-state index is 16.3. The third-order valence-corrected chi connectivity index (χ3v) is 14.3. The number of nitrogens with one attached hydrogen (secondary N) is 2. The molecule has 1 saturated carbocycles. The number of carbonyl (C=O) groups excluding carboxylic acids is 1. The van der Waals surface area contributed by atoms with Gasteiger partial charge >= 0.3 is 0 Å². The molecule has 1 spiro atoms. The number of halogens is 3. The van der Waals surface area contributed by atoms with Gasteiger partial charge in [-0.2, -0.15) is 0 Å². The Hall–Kier alpha value is -4.09. The summed E-state index contributed by atoms with van der Waals surface area (Å²) >= 11 is 1.27. The van der Waals surface area contributed by atoms with Crippen LogP contribution in [0, 0.1) is 22.9 Å². The zero-order chi connectivity index (χ0) is 34.3. The van der Waals surface area contributed by atoms with E-state index in [1.807, 2.05) is 4.72 Å². The van der Waals surface area contributed by atoms with Crippen molar-refractivity contribution in [3.63, 3.8) is 0 Å². The highest BCUT2D eigenvalue weighted by Crippen LogP contribution is 2.51. The molecule has 4 aromatic rings. The van der Waals surface area contributed by atoms with Gasteiger partial charge in [-0.25, -0.2) is 45.0 Å². The molecule has 8 rings (SSSR count). The van der Waals surface area contributed by atoms with E-state index < -0.39 is 47.9 Å². The number of hydrogen-bond donors (Lipinski definition) is 2. The minimum absolute atomic E-state index is 0.00908. The van der Waals surface area contributed by atoms with Crippen LogP contribution in [-0.4, -0.2) is 67.2 Å². The third-order valence-electron chi connectivity index (χ3n) is 9.70. The summed E-state index contributed by atoms with van der Waals surface area (Å²) in [7, 11) is -7.83. The molecule has 2 unspecified atom stereocenters. The van der Waals surface area contributed by atoms with Gasteiger partial charge < -0.3 is 10.2 Å². The first-order chi connectivity index (χ1) is 23.3. The second-order valence-electron chi connectivity index (χ2n) is 13.3. The van der Waals surface area contributed by atoms with Gasteiger partial charge in [-0.3, -0.25) is 9.52 Å². The number of anilines is 3. The number of rotatable bonds is 8. The van der Waals surface area contributed by atoms with Crippen molar-refractivity contribution >= 4 is 53.7 Å². The van der Waals surface area contributed by atoms with E-state index in [2.05, 4.69) is 15.2 Å². The quantitative estimate of drug-likeness (QED) is 0.248. The Morgan fingerprint density at radius 2 is 1.61 bits per heavy atom. The van der Waals surface area contributed by atoms with Crippen LogP contribution in [0.2, 0.25) is 0 Å². The molecule has 2 aromatic heterocycles. The van der Waals surface area contributed by atoms with Crippen LogP contribution in [0.3, 0.4) is 0 Å². The smallest absolute Gasteiger partial charge is 0.267 e. The van der Waals surface area contributed by atoms with E-state index in [9.17, 15) is 30.4 Å². The number of aromatic nitrogens is 3. The molecule has 2 atom stereocenters. The summed E-state index contributed by atoms with van der Waals surface area (Å²) in [4.78, 5) is 27.6. The average Bonchev–Trinajstić information content (AvgIpc) is 3.54. The molecule has 3 aliphatic heterocycles. The zero-order valence-electron chi connectivity index (χ0n) is 25.7. The normalized spacial score (nSPS) is 22.5. The zero-order valence-corrected chi connectivity index (χ0v) is 28.1. The van der Waals surface area contributed by atoms with Crippen LogP contribution in [-0.2, 0) is 24.7 Å². The Labute approximate surface area is 284 Å². The highest BCUT2D eigenvalue weighted by Gasteiger charge is 2.56. The van der Waals surface area contributed by atoms with Crippen LogP contribution >= 0.6 is 11.3 Å². The Bertz CT molecular complexity index is 2190. The van der Waals surface area contributed by atoms with Crippen molar-refractivity contribution in [2.45, 2.75) is 61.5 Å². The fourth-order valence-electron chi connectivity index (χ4n) is 7.74. The minimum Gasteiger partial charge on any atom is -0.351 e. The van der Waals surface area contributed by atoms with E-state index in [0.29, 0.717) is 47.3 Å². The van der Waals surface area contributed by atoms with Crippen molar-refractivity contribution in [2.75, 3.05) is 26.4 Å². The first-order valence-electron chi connectivity index (χ1n) is 15.7. The fourth-order valence-corrected chi connectivity index (χ4v) is 12.4. The second-order valence-corrected chi connectivity index (χ2v) is 17.9. The number of nitrogens with zero attached hydrogens (tertiary/aromatic N) is 4. The van der Waals surface area contributed by atoms with E-state index in [1.54, 1.807) is 12.3 Å². The predicted octanol–water partition coefficient (Wildman–Crippen LogP) is 5.17. The van der Waals surface area contributed by atoms with Gasteiger partial charge in [0.25, 0.3) is 10.0 Å². The summed E-state index contributed by atoms with van der Waals surface area (Å²) in [6, 6.07) is 8.10. The summed E-state index contributed by atoms with van der Waals surface area (Å²) < 4.78 is 96.7. The molecule has 1 aliphatic carbocycles. The molecular formula is C32H29F3N6O5S3. The third kappa shape index (κ3) is 5.74. The number of hydrogen-bond acceptors (Lipinski definition) is 11. The maximum absolute atomic E-state index is 16.3. The highest BCUT2D eigenvalue weighted by atomic mass is 32.2. The number of carbonyl (C=O) groups is 1. The van der Waals surface area contributed by atoms with Gasteiger partial charge in [-0.15, -0.1) is 0 Å². The Balaban J connectivity index is 1.16. The molecule has 256 valence electrons. The van der Waals surface area contributed by atoms with Gasteiger partial charge in [-0.05, 0) is 56.0 Å².